The van der Waals surface area contributed by atoms with Crippen LogP contribution in [0.1, 0.15) is 212 Å². The predicted octanol–water partition coefficient (Wildman–Crippen LogP) is 12.4. The molecule has 1 rings (SSSR count). The molecule has 274 valence electrons. The van der Waals surface area contributed by atoms with E-state index in [9.17, 15) is 0 Å². The van der Waals surface area contributed by atoms with Crippen molar-refractivity contribution in [2.75, 3.05) is 13.6 Å². The predicted molar refractivity (Wildman–Crippen MR) is 209 cm³/mol. The van der Waals surface area contributed by atoms with Gasteiger partial charge in [0.25, 0.3) is 0 Å². The number of rotatable bonds is 35. The van der Waals surface area contributed by atoms with E-state index >= 15 is 0 Å². The Balaban J connectivity index is 0.0000212. The number of benzene rings is 1. The molecule has 0 amide bonds. The highest BCUT2D eigenvalue weighted by Gasteiger charge is 2.17. The van der Waals surface area contributed by atoms with E-state index in [0.29, 0.717) is 0 Å². The fraction of sp³-hybridized carbons (Fsp3) is 0.778. The van der Waals surface area contributed by atoms with Gasteiger partial charge in [-0.05, 0) is 37.8 Å². The molecule has 0 saturated heterocycles. The van der Waals surface area contributed by atoms with Crippen molar-refractivity contribution in [3.8, 4) is 0 Å². The third-order valence-electron chi connectivity index (χ3n) is 9.99. The van der Waals surface area contributed by atoms with Crippen molar-refractivity contribution in [1.82, 2.24) is 0 Å². The molecule has 0 aliphatic carbocycles. The SMILES string of the molecule is CCCCCCCCCCCCCCCCC=CC[N+](C)(C=CCCCCCCCCCCCCCCCC)Cc1ccccc1.[F-]. The van der Waals surface area contributed by atoms with E-state index in [1.807, 2.05) is 0 Å². The van der Waals surface area contributed by atoms with Gasteiger partial charge in [-0.15, -0.1) is 0 Å². The lowest BCUT2D eigenvalue weighted by atomic mass is 10.0. The fourth-order valence-corrected chi connectivity index (χ4v) is 6.85. The summed E-state index contributed by atoms with van der Waals surface area (Å²) in [5.41, 5.74) is 1.44. The number of hydrogen-bond acceptors (Lipinski definition) is 0. The van der Waals surface area contributed by atoms with E-state index in [-0.39, 0.29) is 4.70 Å². The van der Waals surface area contributed by atoms with Crippen LogP contribution in [-0.4, -0.2) is 18.1 Å². The maximum absolute atomic E-state index is 2.49. The third-order valence-corrected chi connectivity index (χ3v) is 9.99. The zero-order chi connectivity index (χ0) is 33.1. The van der Waals surface area contributed by atoms with Crippen LogP contribution >= 0.6 is 0 Å². The van der Waals surface area contributed by atoms with Gasteiger partial charge < -0.3 is 4.70 Å². The average Bonchev–Trinajstić information content (AvgIpc) is 3.06. The molecule has 47 heavy (non-hydrogen) atoms. The number of halogens is 1. The molecular weight excluding hydrogens is 574 g/mol. The monoisotopic (exact) mass is 656 g/mol. The molecule has 0 bridgehead atoms. The highest BCUT2D eigenvalue weighted by molar-refractivity contribution is 5.13. The van der Waals surface area contributed by atoms with E-state index in [1.54, 1.807) is 0 Å². The first-order valence-electron chi connectivity index (χ1n) is 20.9. The summed E-state index contributed by atoms with van der Waals surface area (Å²) in [7, 11) is 2.41. The van der Waals surface area contributed by atoms with Crippen LogP contribution in [0, 0.1) is 0 Å². The standard InChI is InChI=1S/C45H82N.FH/c1-4-6-8-10-12-14-16-18-20-22-24-26-28-30-32-34-39-43-46(3,44-45-40-36-35-37-41-45)42-38-33-31-29-27-25-23-21-19-17-15-13-11-9-7-5-2;/h34-42H,4-33,43-44H2,1-3H3;1H/q+1;/p-1. The quantitative estimate of drug-likeness (QED) is 0.0388. The third kappa shape index (κ3) is 31.6. The Hall–Kier alpha value is -1.41. The molecule has 0 N–H and O–H groups in total. The van der Waals surface area contributed by atoms with E-state index in [0.717, 1.165) is 17.6 Å². The zero-order valence-corrected chi connectivity index (χ0v) is 32.1. The lowest BCUT2D eigenvalue weighted by Crippen LogP contribution is -3.00. The largest absolute Gasteiger partial charge is 1.00 e. The first kappa shape index (κ1) is 45.6. The molecule has 0 radical (unpaired) electrons. The van der Waals surface area contributed by atoms with Crippen molar-refractivity contribution in [2.45, 2.75) is 213 Å². The van der Waals surface area contributed by atoms with Crippen molar-refractivity contribution in [3.63, 3.8) is 0 Å². The maximum atomic E-state index is 2.49. The number of allylic oxidation sites excluding steroid dienone is 2. The molecule has 2 heteroatoms. The second-order valence-electron chi connectivity index (χ2n) is 14.9. The Morgan fingerprint density at radius 2 is 0.766 bits per heavy atom. The lowest BCUT2D eigenvalue weighted by Gasteiger charge is -2.29. The topological polar surface area (TPSA) is 0 Å². The van der Waals surface area contributed by atoms with Crippen molar-refractivity contribution in [3.05, 3.63) is 60.3 Å². The van der Waals surface area contributed by atoms with Crippen LogP contribution in [0.2, 0.25) is 0 Å². The Kier molecular flexibility index (Phi) is 34.8. The normalized spacial score (nSPS) is 13.0. The minimum Gasteiger partial charge on any atom is -1.00 e. The second kappa shape index (κ2) is 35.9. The summed E-state index contributed by atoms with van der Waals surface area (Å²) in [4.78, 5) is 0. The molecule has 0 saturated carbocycles. The summed E-state index contributed by atoms with van der Waals surface area (Å²) in [6, 6.07) is 11.1. The van der Waals surface area contributed by atoms with E-state index in [2.05, 4.69) is 75.7 Å². The summed E-state index contributed by atoms with van der Waals surface area (Å²) in [5.74, 6) is 0. The van der Waals surface area contributed by atoms with Gasteiger partial charge in [-0.25, -0.2) is 0 Å². The Morgan fingerprint density at radius 3 is 1.15 bits per heavy atom. The molecule has 1 atom stereocenters. The molecular formula is C45H82FN. The minimum atomic E-state index is 0. The maximum Gasteiger partial charge on any atom is 0.109 e. The van der Waals surface area contributed by atoms with Gasteiger partial charge in [-0.1, -0.05) is 217 Å². The first-order valence-corrected chi connectivity index (χ1v) is 20.9. The molecule has 0 spiro atoms. The van der Waals surface area contributed by atoms with Gasteiger partial charge in [0.15, 0.2) is 0 Å². The van der Waals surface area contributed by atoms with Crippen LogP contribution in [0.4, 0.5) is 0 Å². The van der Waals surface area contributed by atoms with Crippen molar-refractivity contribution in [2.24, 2.45) is 0 Å². The number of unbranched alkanes of at least 4 members (excludes halogenated alkanes) is 28. The van der Waals surface area contributed by atoms with Gasteiger partial charge in [0.1, 0.15) is 13.1 Å². The first-order chi connectivity index (χ1) is 22.7. The fourth-order valence-electron chi connectivity index (χ4n) is 6.85. The number of quaternary nitrogens is 1. The molecule has 1 nitrogen and oxygen atoms in total. The summed E-state index contributed by atoms with van der Waals surface area (Å²) < 4.78 is 0.970. The van der Waals surface area contributed by atoms with Gasteiger partial charge in [0, 0.05) is 5.56 Å². The van der Waals surface area contributed by atoms with E-state index in [1.165, 1.54) is 198 Å². The zero-order valence-electron chi connectivity index (χ0n) is 32.1. The Morgan fingerprint density at radius 1 is 0.426 bits per heavy atom. The molecule has 0 aromatic heterocycles. The van der Waals surface area contributed by atoms with Gasteiger partial charge in [0.2, 0.25) is 0 Å². The Labute approximate surface area is 295 Å². The lowest BCUT2D eigenvalue weighted by molar-refractivity contribution is -0.867. The summed E-state index contributed by atoms with van der Waals surface area (Å²) in [6.45, 7) is 6.77. The molecule has 0 fully saturated rings. The van der Waals surface area contributed by atoms with Gasteiger partial charge in [0.05, 0.1) is 13.2 Å². The summed E-state index contributed by atoms with van der Waals surface area (Å²) in [6.07, 6.45) is 52.5. The molecule has 0 heterocycles. The minimum absolute atomic E-state index is 0. The summed E-state index contributed by atoms with van der Waals surface area (Å²) in [5, 5.41) is 0. The number of hydrogen-bond donors (Lipinski definition) is 0. The molecule has 1 aromatic carbocycles. The second-order valence-corrected chi connectivity index (χ2v) is 14.9. The van der Waals surface area contributed by atoms with E-state index < -0.39 is 0 Å². The van der Waals surface area contributed by atoms with Crippen LogP contribution < -0.4 is 4.70 Å². The number of nitrogens with zero attached hydrogens (tertiary/aromatic N) is 1. The average molecular weight is 656 g/mol. The van der Waals surface area contributed by atoms with Gasteiger partial charge >= 0.3 is 0 Å². The van der Waals surface area contributed by atoms with Crippen molar-refractivity contribution >= 4 is 0 Å². The van der Waals surface area contributed by atoms with Gasteiger partial charge in [-0.2, -0.15) is 0 Å². The van der Waals surface area contributed by atoms with E-state index in [4.69, 9.17) is 0 Å². The van der Waals surface area contributed by atoms with Gasteiger partial charge in [-0.3, -0.25) is 4.48 Å². The Bertz CT molecular complexity index is 786. The highest BCUT2D eigenvalue weighted by Crippen LogP contribution is 2.17. The highest BCUT2D eigenvalue weighted by atomic mass is 19.0. The van der Waals surface area contributed by atoms with Crippen LogP contribution in [0.25, 0.3) is 0 Å². The molecule has 1 unspecified atom stereocenters. The molecule has 0 aliphatic heterocycles. The molecule has 0 aliphatic rings. The molecule has 1 aromatic rings. The van der Waals surface area contributed by atoms with Crippen LogP contribution in [0.3, 0.4) is 0 Å². The van der Waals surface area contributed by atoms with Crippen molar-refractivity contribution < 1.29 is 9.19 Å². The summed E-state index contributed by atoms with van der Waals surface area (Å²) >= 11 is 0. The smallest absolute Gasteiger partial charge is 0.109 e. The number of likely N-dealkylation sites (N-methyl/N-ethyl adjacent to an activating group) is 1. The van der Waals surface area contributed by atoms with Crippen LogP contribution in [-0.2, 0) is 6.54 Å². The van der Waals surface area contributed by atoms with Crippen LogP contribution in [0.5, 0.6) is 0 Å². The van der Waals surface area contributed by atoms with Crippen LogP contribution in [0.15, 0.2) is 54.8 Å². The van der Waals surface area contributed by atoms with Crippen molar-refractivity contribution in [1.29, 1.82) is 0 Å².